The van der Waals surface area contributed by atoms with Crippen LogP contribution < -0.4 is 17.7 Å². The highest BCUT2D eigenvalue weighted by molar-refractivity contribution is 7.19. The molecule has 0 saturated heterocycles. The Balaban J connectivity index is 2.28. The van der Waals surface area contributed by atoms with Crippen LogP contribution in [0.5, 0.6) is 0 Å². The molecule has 0 aliphatic carbocycles. The zero-order valence-electron chi connectivity index (χ0n) is 16.5. The van der Waals surface area contributed by atoms with E-state index in [-0.39, 0.29) is 17.7 Å². The van der Waals surface area contributed by atoms with Crippen molar-refractivity contribution in [3.63, 3.8) is 0 Å². The molecule has 0 fully saturated rings. The van der Waals surface area contributed by atoms with Gasteiger partial charge in [0.05, 0.1) is 0 Å². The highest BCUT2D eigenvalue weighted by Crippen LogP contribution is 2.16. The van der Waals surface area contributed by atoms with Crippen molar-refractivity contribution in [3.8, 4) is 0 Å². The van der Waals surface area contributed by atoms with Crippen LogP contribution in [0.4, 0.5) is 35.1 Å². The Bertz CT molecular complexity index is 1080. The van der Waals surface area contributed by atoms with Gasteiger partial charge in [-0.15, -0.1) is 0 Å². The first-order valence-corrected chi connectivity index (χ1v) is 11.9. The summed E-state index contributed by atoms with van der Waals surface area (Å²) in [6.45, 7) is 0. The van der Waals surface area contributed by atoms with Crippen LogP contribution in [-0.2, 0) is 0 Å². The maximum atomic E-state index is 14.3. The predicted octanol–water partition coefficient (Wildman–Crippen LogP) is 4.18. The Hall–Kier alpha value is -3.15. The van der Waals surface area contributed by atoms with Gasteiger partial charge in [0.25, 0.3) is 13.1 Å². The molecule has 0 amide bonds. The van der Waals surface area contributed by atoms with Crippen LogP contribution >= 0.6 is 0 Å². The Morgan fingerprint density at radius 1 is 0.273 bits per heavy atom. The summed E-state index contributed by atoms with van der Waals surface area (Å²) in [5.74, 6) is -8.78. The summed E-state index contributed by atoms with van der Waals surface area (Å²) >= 11 is -4.90. The molecule has 4 aromatic rings. The molecule has 0 unspecified atom stereocenters. The zero-order chi connectivity index (χ0) is 23.9. The number of hydrogen-bond acceptors (Lipinski definition) is 0. The number of halogens is 8. The molecule has 9 heteroatoms. The molecule has 0 aliphatic rings. The molecular weight excluding hydrogens is 467 g/mol. The van der Waals surface area contributed by atoms with Gasteiger partial charge in [-0.1, -0.05) is 48.5 Å². The molecule has 4 aromatic carbocycles. The summed E-state index contributed by atoms with van der Waals surface area (Å²) in [6, 6.07) is 8.67. The van der Waals surface area contributed by atoms with E-state index in [9.17, 15) is 35.1 Å². The summed E-state index contributed by atoms with van der Waals surface area (Å²) in [5.41, 5.74) is 0. The van der Waals surface area contributed by atoms with Crippen molar-refractivity contribution in [2.45, 2.75) is 0 Å². The fourth-order valence-corrected chi connectivity index (χ4v) is 10.0. The van der Waals surface area contributed by atoms with Crippen LogP contribution in [0, 0.1) is 46.5 Å². The van der Waals surface area contributed by atoms with Gasteiger partial charge in [0.15, 0.2) is 0 Å². The first-order valence-electron chi connectivity index (χ1n) is 9.59. The van der Waals surface area contributed by atoms with Crippen molar-refractivity contribution < 1.29 is 35.1 Å². The smallest absolute Gasteiger partial charge is 0.212 e. The molecule has 0 radical (unpaired) electrons. The van der Waals surface area contributed by atoms with E-state index in [1.54, 1.807) is 0 Å². The average molecular weight is 479 g/mol. The van der Waals surface area contributed by atoms with Crippen molar-refractivity contribution in [2.24, 2.45) is 0 Å². The molecule has 0 aliphatic heterocycles. The zero-order valence-corrected chi connectivity index (χ0v) is 17.7. The van der Waals surface area contributed by atoms with Gasteiger partial charge >= 0.3 is 0 Å². The van der Waals surface area contributed by atoms with Gasteiger partial charge in [0.1, 0.15) is 46.5 Å². The second-order valence-corrected chi connectivity index (χ2v) is 12.1. The highest BCUT2D eigenvalue weighted by atomic mass is 27.2. The molecular formula is C24H12AlF8-. The lowest BCUT2D eigenvalue weighted by atomic mass is 10.3. The first-order chi connectivity index (χ1) is 15.6. The molecule has 33 heavy (non-hydrogen) atoms. The summed E-state index contributed by atoms with van der Waals surface area (Å²) in [4.78, 5) is 0. The van der Waals surface area contributed by atoms with Crippen molar-refractivity contribution in [3.05, 3.63) is 119 Å². The van der Waals surface area contributed by atoms with E-state index in [0.29, 0.717) is 24.3 Å². The van der Waals surface area contributed by atoms with Gasteiger partial charge in [-0.2, -0.15) is 0 Å². The molecule has 0 aromatic heterocycles. The van der Waals surface area contributed by atoms with E-state index in [1.165, 1.54) is 0 Å². The Labute approximate surface area is 185 Å². The van der Waals surface area contributed by atoms with Crippen molar-refractivity contribution >= 4 is 30.8 Å². The van der Waals surface area contributed by atoms with E-state index >= 15 is 0 Å². The van der Waals surface area contributed by atoms with Crippen LogP contribution in [-0.4, -0.2) is 13.1 Å². The van der Waals surface area contributed by atoms with Crippen molar-refractivity contribution in [2.75, 3.05) is 0 Å². The van der Waals surface area contributed by atoms with Crippen LogP contribution in [0.25, 0.3) is 0 Å². The molecule has 0 atom stereocenters. The lowest BCUT2D eigenvalue weighted by Gasteiger charge is -2.41. The number of rotatable bonds is 4. The molecule has 0 bridgehead atoms. The van der Waals surface area contributed by atoms with E-state index in [0.717, 1.165) is 48.5 Å². The van der Waals surface area contributed by atoms with Crippen molar-refractivity contribution in [1.29, 1.82) is 0 Å². The fraction of sp³-hybridized carbons (Fsp3) is 0. The quantitative estimate of drug-likeness (QED) is 0.305. The Morgan fingerprint density at radius 2 is 0.424 bits per heavy atom. The maximum Gasteiger partial charge on any atom is 0.268 e. The second-order valence-electron chi connectivity index (χ2n) is 7.68. The SMILES string of the molecule is Fc1cc(F)c[c]([Al-]([c]2cc(F)cc(F)c2)([c]2cc(F)cc(F)c2)[c]2cc(F)cc(F)c2)c1. The fourth-order valence-electron chi connectivity index (χ4n) is 4.46. The molecule has 0 heterocycles. The van der Waals surface area contributed by atoms with E-state index in [4.69, 9.17) is 0 Å². The average Bonchev–Trinajstić information content (AvgIpc) is 2.65. The van der Waals surface area contributed by atoms with Crippen molar-refractivity contribution in [1.82, 2.24) is 0 Å². The van der Waals surface area contributed by atoms with Crippen LogP contribution in [0.2, 0.25) is 0 Å². The third-order valence-electron chi connectivity index (χ3n) is 5.54. The topological polar surface area (TPSA) is 0 Å². The molecule has 0 spiro atoms. The van der Waals surface area contributed by atoms with Crippen LogP contribution in [0.1, 0.15) is 0 Å². The monoisotopic (exact) mass is 479 g/mol. The Morgan fingerprint density at radius 3 is 0.576 bits per heavy atom. The minimum atomic E-state index is -4.90. The van der Waals surface area contributed by atoms with Crippen LogP contribution in [0.15, 0.2) is 72.8 Å². The lowest BCUT2D eigenvalue weighted by Crippen LogP contribution is -2.75. The summed E-state index contributed by atoms with van der Waals surface area (Å²) in [5, 5.41) is 0. The van der Waals surface area contributed by atoms with Gasteiger partial charge in [0, 0.05) is 24.3 Å². The molecule has 0 nitrogen and oxygen atoms in total. The van der Waals surface area contributed by atoms with Gasteiger partial charge in [-0.05, 0) is 0 Å². The minimum absolute atomic E-state index is 0.250. The summed E-state index contributed by atoms with van der Waals surface area (Å²) < 4.78 is 114. The molecule has 168 valence electrons. The van der Waals surface area contributed by atoms with Gasteiger partial charge in [0.2, 0.25) is 0 Å². The van der Waals surface area contributed by atoms with Gasteiger partial charge < -0.3 is 0 Å². The third kappa shape index (κ3) is 4.39. The number of hydrogen-bond donors (Lipinski definition) is 0. The van der Waals surface area contributed by atoms with E-state index in [1.807, 2.05) is 0 Å². The van der Waals surface area contributed by atoms with Crippen LogP contribution in [0.3, 0.4) is 0 Å². The van der Waals surface area contributed by atoms with E-state index in [2.05, 4.69) is 0 Å². The largest absolute Gasteiger partial charge is 0.268 e. The Kier molecular flexibility index (Phi) is 6.04. The summed E-state index contributed by atoms with van der Waals surface area (Å²) in [7, 11) is 0. The molecule has 0 N–H and O–H groups in total. The lowest BCUT2D eigenvalue weighted by molar-refractivity contribution is 0.585. The minimum Gasteiger partial charge on any atom is -0.212 e. The molecule has 0 saturated carbocycles. The normalized spacial score (nSPS) is 11.6. The second kappa shape index (κ2) is 8.66. The summed E-state index contributed by atoms with van der Waals surface area (Å²) in [6.07, 6.45) is 0. The van der Waals surface area contributed by atoms with Gasteiger partial charge in [-0.25, -0.2) is 52.8 Å². The standard InChI is InChI=1S/4C6H3F2.Al/c4*7-5-2-1-3-6(8)4-5;/h4*2-4H;/q;;;;-1. The highest BCUT2D eigenvalue weighted by Gasteiger charge is 2.39. The first kappa shape index (κ1) is 23.0. The third-order valence-corrected chi connectivity index (χ3v) is 10.9. The number of benzene rings is 4. The van der Waals surface area contributed by atoms with E-state index < -0.39 is 59.6 Å². The maximum absolute atomic E-state index is 14.3. The van der Waals surface area contributed by atoms with Gasteiger partial charge in [-0.3, -0.25) is 0 Å². The predicted molar refractivity (Wildman–Crippen MR) is 110 cm³/mol. The molecule has 4 rings (SSSR count).